The summed E-state index contributed by atoms with van der Waals surface area (Å²) in [5.41, 5.74) is 0.124. The molecular formula is C14H18F3N. The second kappa shape index (κ2) is 5.74. The van der Waals surface area contributed by atoms with Crippen LogP contribution < -0.4 is 5.32 Å². The standard InChI is InChI=1S/C14H18F3N/c15-14(16,17)13-6-2-5-12(9-13)10-18-8-7-11-3-1-4-11/h2,5-6,9,11,18H,1,3-4,7-8,10H2. The van der Waals surface area contributed by atoms with Gasteiger partial charge in [0.1, 0.15) is 0 Å². The Labute approximate surface area is 105 Å². The molecule has 1 fully saturated rings. The Morgan fingerprint density at radius 2 is 2.00 bits per heavy atom. The summed E-state index contributed by atoms with van der Waals surface area (Å²) in [6.45, 7) is 1.40. The third-order valence-corrected chi connectivity index (χ3v) is 3.54. The molecule has 0 aliphatic heterocycles. The number of hydrogen-bond donors (Lipinski definition) is 1. The molecule has 100 valence electrons. The Balaban J connectivity index is 1.78. The summed E-state index contributed by atoms with van der Waals surface area (Å²) in [5.74, 6) is 0.832. The van der Waals surface area contributed by atoms with Crippen LogP contribution in [-0.4, -0.2) is 6.54 Å². The minimum absolute atomic E-state index is 0.511. The van der Waals surface area contributed by atoms with E-state index in [1.54, 1.807) is 6.07 Å². The van der Waals surface area contributed by atoms with Crippen molar-refractivity contribution in [3.63, 3.8) is 0 Å². The van der Waals surface area contributed by atoms with Gasteiger partial charge in [-0.1, -0.05) is 37.5 Å². The van der Waals surface area contributed by atoms with Gasteiger partial charge in [-0.2, -0.15) is 13.2 Å². The second-order valence-electron chi connectivity index (χ2n) is 4.96. The Morgan fingerprint density at radius 1 is 1.22 bits per heavy atom. The van der Waals surface area contributed by atoms with Gasteiger partial charge in [-0.3, -0.25) is 0 Å². The predicted octanol–water partition coefficient (Wildman–Crippen LogP) is 3.99. The van der Waals surface area contributed by atoms with Crippen molar-refractivity contribution < 1.29 is 13.2 Å². The summed E-state index contributed by atoms with van der Waals surface area (Å²) in [5, 5.41) is 3.21. The van der Waals surface area contributed by atoms with E-state index in [0.29, 0.717) is 12.1 Å². The van der Waals surface area contributed by atoms with Crippen molar-refractivity contribution in [1.29, 1.82) is 0 Å². The number of alkyl halides is 3. The molecule has 2 rings (SSSR count). The lowest BCUT2D eigenvalue weighted by Crippen LogP contribution is -2.21. The van der Waals surface area contributed by atoms with Crippen LogP contribution in [0.25, 0.3) is 0 Å². The minimum Gasteiger partial charge on any atom is -0.313 e. The molecule has 1 aliphatic rings. The largest absolute Gasteiger partial charge is 0.416 e. The number of halogens is 3. The van der Waals surface area contributed by atoms with Crippen LogP contribution in [0, 0.1) is 5.92 Å². The first-order valence-electron chi connectivity index (χ1n) is 6.42. The minimum atomic E-state index is -4.25. The van der Waals surface area contributed by atoms with Crippen molar-refractivity contribution in [2.45, 2.75) is 38.4 Å². The molecule has 1 aliphatic carbocycles. The molecule has 0 saturated heterocycles. The average molecular weight is 257 g/mol. The van der Waals surface area contributed by atoms with E-state index in [1.165, 1.54) is 31.4 Å². The second-order valence-corrected chi connectivity index (χ2v) is 4.96. The molecule has 0 radical (unpaired) electrons. The van der Waals surface area contributed by atoms with Gasteiger partial charge < -0.3 is 5.32 Å². The van der Waals surface area contributed by atoms with E-state index in [2.05, 4.69) is 5.32 Å². The molecule has 0 unspecified atom stereocenters. The van der Waals surface area contributed by atoms with Gasteiger partial charge in [-0.15, -0.1) is 0 Å². The molecule has 1 aromatic rings. The normalized spacial score (nSPS) is 16.6. The van der Waals surface area contributed by atoms with Gasteiger partial charge in [0.15, 0.2) is 0 Å². The third kappa shape index (κ3) is 3.73. The fourth-order valence-electron chi connectivity index (χ4n) is 2.18. The summed E-state index contributed by atoms with van der Waals surface area (Å²) in [6, 6.07) is 5.52. The number of nitrogens with one attached hydrogen (secondary N) is 1. The number of benzene rings is 1. The molecule has 1 aromatic carbocycles. The van der Waals surface area contributed by atoms with E-state index in [1.807, 2.05) is 0 Å². The van der Waals surface area contributed by atoms with Gasteiger partial charge in [0, 0.05) is 6.54 Å². The maximum Gasteiger partial charge on any atom is 0.416 e. The smallest absolute Gasteiger partial charge is 0.313 e. The molecule has 0 atom stereocenters. The summed E-state index contributed by atoms with van der Waals surface area (Å²) < 4.78 is 37.5. The lowest BCUT2D eigenvalue weighted by Gasteiger charge is -2.25. The fraction of sp³-hybridized carbons (Fsp3) is 0.571. The lowest BCUT2D eigenvalue weighted by atomic mass is 9.83. The first kappa shape index (κ1) is 13.4. The van der Waals surface area contributed by atoms with Crippen LogP contribution in [0.1, 0.15) is 36.8 Å². The van der Waals surface area contributed by atoms with Crippen molar-refractivity contribution >= 4 is 0 Å². The molecule has 0 spiro atoms. The van der Waals surface area contributed by atoms with Gasteiger partial charge in [0.25, 0.3) is 0 Å². The summed E-state index contributed by atoms with van der Waals surface area (Å²) in [6.07, 6.45) is 0.843. The fourth-order valence-corrected chi connectivity index (χ4v) is 2.18. The van der Waals surface area contributed by atoms with Crippen LogP contribution in [0.2, 0.25) is 0 Å². The highest BCUT2D eigenvalue weighted by atomic mass is 19.4. The molecule has 1 N–H and O–H groups in total. The molecule has 0 aromatic heterocycles. The van der Waals surface area contributed by atoms with Gasteiger partial charge >= 0.3 is 6.18 Å². The van der Waals surface area contributed by atoms with Gasteiger partial charge in [0.05, 0.1) is 5.56 Å². The maximum atomic E-state index is 12.5. The highest BCUT2D eigenvalue weighted by Gasteiger charge is 2.30. The van der Waals surface area contributed by atoms with Crippen LogP contribution in [0.4, 0.5) is 13.2 Å². The Kier molecular flexibility index (Phi) is 4.27. The van der Waals surface area contributed by atoms with E-state index in [4.69, 9.17) is 0 Å². The SMILES string of the molecule is FC(F)(F)c1cccc(CNCCC2CCC2)c1. The molecule has 1 nitrogen and oxygen atoms in total. The van der Waals surface area contributed by atoms with Crippen molar-refractivity contribution in [1.82, 2.24) is 5.32 Å². The van der Waals surface area contributed by atoms with Crippen molar-refractivity contribution in [2.75, 3.05) is 6.54 Å². The topological polar surface area (TPSA) is 12.0 Å². The van der Waals surface area contributed by atoms with Crippen LogP contribution in [0.5, 0.6) is 0 Å². The Morgan fingerprint density at radius 3 is 2.61 bits per heavy atom. The van der Waals surface area contributed by atoms with E-state index in [0.717, 1.165) is 24.9 Å². The third-order valence-electron chi connectivity index (χ3n) is 3.54. The van der Waals surface area contributed by atoms with E-state index in [-0.39, 0.29) is 0 Å². The molecule has 18 heavy (non-hydrogen) atoms. The van der Waals surface area contributed by atoms with Crippen LogP contribution in [-0.2, 0) is 12.7 Å². The summed E-state index contributed by atoms with van der Waals surface area (Å²) >= 11 is 0. The van der Waals surface area contributed by atoms with Crippen LogP contribution in [0.3, 0.4) is 0 Å². The molecular weight excluding hydrogens is 239 g/mol. The number of rotatable bonds is 5. The lowest BCUT2D eigenvalue weighted by molar-refractivity contribution is -0.137. The van der Waals surface area contributed by atoms with Gasteiger partial charge in [-0.05, 0) is 30.5 Å². The Bertz CT molecular complexity index is 383. The zero-order valence-electron chi connectivity index (χ0n) is 10.3. The first-order valence-corrected chi connectivity index (χ1v) is 6.42. The molecule has 0 amide bonds. The highest BCUT2D eigenvalue weighted by Crippen LogP contribution is 2.30. The van der Waals surface area contributed by atoms with Gasteiger partial charge in [0.2, 0.25) is 0 Å². The van der Waals surface area contributed by atoms with E-state index >= 15 is 0 Å². The molecule has 0 bridgehead atoms. The maximum absolute atomic E-state index is 12.5. The van der Waals surface area contributed by atoms with Crippen LogP contribution >= 0.6 is 0 Å². The first-order chi connectivity index (χ1) is 8.55. The van der Waals surface area contributed by atoms with Gasteiger partial charge in [-0.25, -0.2) is 0 Å². The van der Waals surface area contributed by atoms with E-state index in [9.17, 15) is 13.2 Å². The molecule has 4 heteroatoms. The highest BCUT2D eigenvalue weighted by molar-refractivity contribution is 5.25. The summed E-state index contributed by atoms with van der Waals surface area (Å²) in [4.78, 5) is 0. The van der Waals surface area contributed by atoms with E-state index < -0.39 is 11.7 Å². The predicted molar refractivity (Wildman–Crippen MR) is 65.1 cm³/mol. The average Bonchev–Trinajstić information content (AvgIpc) is 2.25. The Hall–Kier alpha value is -1.03. The quantitative estimate of drug-likeness (QED) is 0.787. The zero-order chi connectivity index (χ0) is 13.0. The van der Waals surface area contributed by atoms with Crippen LogP contribution in [0.15, 0.2) is 24.3 Å². The monoisotopic (exact) mass is 257 g/mol. The number of hydrogen-bond acceptors (Lipinski definition) is 1. The molecule has 1 saturated carbocycles. The zero-order valence-corrected chi connectivity index (χ0v) is 10.3. The van der Waals surface area contributed by atoms with Crippen molar-refractivity contribution in [3.05, 3.63) is 35.4 Å². The van der Waals surface area contributed by atoms with Crippen molar-refractivity contribution in [3.8, 4) is 0 Å². The van der Waals surface area contributed by atoms with Crippen molar-refractivity contribution in [2.24, 2.45) is 5.92 Å². The summed E-state index contributed by atoms with van der Waals surface area (Å²) in [7, 11) is 0. The molecule has 0 heterocycles.